The first-order valence-electron chi connectivity index (χ1n) is 5.26. The maximum absolute atomic E-state index is 3.50. The third-order valence-corrected chi connectivity index (χ3v) is 2.76. The van der Waals surface area contributed by atoms with Crippen LogP contribution in [0.2, 0.25) is 0 Å². The summed E-state index contributed by atoms with van der Waals surface area (Å²) in [5.74, 6) is 0. The van der Waals surface area contributed by atoms with Crippen molar-refractivity contribution in [2.75, 3.05) is 13.1 Å². The van der Waals surface area contributed by atoms with Crippen molar-refractivity contribution >= 4 is 0 Å². The Bertz CT molecular complexity index is 134. The van der Waals surface area contributed by atoms with Crippen molar-refractivity contribution in [3.63, 3.8) is 0 Å². The molecule has 0 unspecified atom stereocenters. The van der Waals surface area contributed by atoms with E-state index in [0.29, 0.717) is 0 Å². The minimum atomic E-state index is 0.747. The Hall–Kier alpha value is -0.0800. The van der Waals surface area contributed by atoms with Gasteiger partial charge in [-0.25, -0.2) is 0 Å². The summed E-state index contributed by atoms with van der Waals surface area (Å²) in [5.41, 5.74) is 0. The Balaban J connectivity index is 0.000000336. The second kappa shape index (κ2) is 4.24. The minimum absolute atomic E-state index is 0.747. The molecule has 72 valence electrons. The lowest BCUT2D eigenvalue weighted by Gasteiger charge is -2.30. The number of fused-ring (bicyclic) bond motifs is 2. The highest BCUT2D eigenvalue weighted by atomic mass is 15.3. The second-order valence-electron chi connectivity index (χ2n) is 3.79. The molecule has 12 heavy (non-hydrogen) atoms. The van der Waals surface area contributed by atoms with Crippen LogP contribution in [0.25, 0.3) is 0 Å². The number of hydrogen-bond donors (Lipinski definition) is 1. The van der Waals surface area contributed by atoms with E-state index in [-0.39, 0.29) is 0 Å². The maximum atomic E-state index is 3.50. The Morgan fingerprint density at radius 3 is 2.25 bits per heavy atom. The number of nitrogens with one attached hydrogen (secondary N) is 1. The van der Waals surface area contributed by atoms with E-state index in [1.807, 2.05) is 13.8 Å². The molecule has 0 spiro atoms. The molecule has 2 nitrogen and oxygen atoms in total. The second-order valence-corrected chi connectivity index (χ2v) is 3.79. The highest BCUT2D eigenvalue weighted by molar-refractivity contribution is 4.98. The molecule has 0 saturated carbocycles. The average molecular weight is 170 g/mol. The van der Waals surface area contributed by atoms with E-state index in [1.165, 1.54) is 19.5 Å². The van der Waals surface area contributed by atoms with Crippen LogP contribution in [0.3, 0.4) is 0 Å². The molecule has 0 amide bonds. The molecule has 2 heterocycles. The van der Waals surface area contributed by atoms with Crippen LogP contribution in [-0.4, -0.2) is 36.1 Å². The van der Waals surface area contributed by atoms with Crippen LogP contribution in [0.1, 0.15) is 34.1 Å². The lowest BCUT2D eigenvalue weighted by atomic mass is 10.2. The zero-order valence-corrected chi connectivity index (χ0v) is 8.80. The van der Waals surface area contributed by atoms with Crippen molar-refractivity contribution in [2.45, 2.75) is 52.2 Å². The number of hydrogen-bond acceptors (Lipinski definition) is 2. The van der Waals surface area contributed by atoms with E-state index >= 15 is 0 Å². The summed E-state index contributed by atoms with van der Waals surface area (Å²) in [5, 5.41) is 3.50. The normalized spacial score (nSPS) is 33.8. The van der Waals surface area contributed by atoms with Crippen LogP contribution in [-0.2, 0) is 0 Å². The van der Waals surface area contributed by atoms with Gasteiger partial charge < -0.3 is 5.32 Å². The summed E-state index contributed by atoms with van der Waals surface area (Å²) in [6, 6.07) is 2.41. The average Bonchev–Trinajstić information content (AvgIpc) is 2.67. The molecule has 2 bridgehead atoms. The summed E-state index contributed by atoms with van der Waals surface area (Å²) >= 11 is 0. The first-order valence-corrected chi connectivity index (χ1v) is 5.26. The summed E-state index contributed by atoms with van der Waals surface area (Å²) < 4.78 is 0. The minimum Gasteiger partial charge on any atom is -0.311 e. The van der Waals surface area contributed by atoms with Gasteiger partial charge in [-0.15, -0.1) is 0 Å². The standard InChI is InChI=1S/C8H16N2.C2H6/c1-6(2)10-5-7-3-8(10)4-9-7;1-2/h6-9H,3-5H2,1-2H3;1-2H3/t7-,8-;/m0./s1. The number of likely N-dealkylation sites (tertiary alicyclic amines) is 1. The molecule has 0 aliphatic carbocycles. The van der Waals surface area contributed by atoms with Crippen LogP contribution < -0.4 is 5.32 Å². The SMILES string of the molecule is CC.CC(C)N1C[C@@H]2C[C@H]1CN2. The van der Waals surface area contributed by atoms with Gasteiger partial charge in [0.15, 0.2) is 0 Å². The van der Waals surface area contributed by atoms with Crippen molar-refractivity contribution in [2.24, 2.45) is 0 Å². The molecular weight excluding hydrogens is 148 g/mol. The van der Waals surface area contributed by atoms with E-state index in [4.69, 9.17) is 0 Å². The molecule has 1 N–H and O–H groups in total. The van der Waals surface area contributed by atoms with E-state index in [0.717, 1.165) is 18.1 Å². The molecule has 2 atom stereocenters. The van der Waals surface area contributed by atoms with Crippen molar-refractivity contribution in [3.05, 3.63) is 0 Å². The van der Waals surface area contributed by atoms with Gasteiger partial charge in [0.05, 0.1) is 0 Å². The topological polar surface area (TPSA) is 15.3 Å². The molecule has 2 rings (SSSR count). The van der Waals surface area contributed by atoms with Crippen molar-refractivity contribution in [1.29, 1.82) is 0 Å². The van der Waals surface area contributed by atoms with Gasteiger partial charge in [0, 0.05) is 31.2 Å². The number of rotatable bonds is 1. The zero-order chi connectivity index (χ0) is 9.14. The predicted molar refractivity (Wildman–Crippen MR) is 53.4 cm³/mol. The van der Waals surface area contributed by atoms with Gasteiger partial charge in [0.1, 0.15) is 0 Å². The molecule has 2 fully saturated rings. The van der Waals surface area contributed by atoms with Crippen LogP contribution in [0.4, 0.5) is 0 Å². The fraction of sp³-hybridized carbons (Fsp3) is 1.00. The van der Waals surface area contributed by atoms with Crippen LogP contribution >= 0.6 is 0 Å². The lowest BCUT2D eigenvalue weighted by molar-refractivity contribution is 0.181. The number of nitrogens with zero attached hydrogens (tertiary/aromatic N) is 1. The van der Waals surface area contributed by atoms with Gasteiger partial charge in [-0.1, -0.05) is 13.8 Å². The van der Waals surface area contributed by atoms with Crippen molar-refractivity contribution < 1.29 is 0 Å². The van der Waals surface area contributed by atoms with E-state index in [2.05, 4.69) is 24.1 Å². The first kappa shape index (κ1) is 10.0. The molecular formula is C10H22N2. The monoisotopic (exact) mass is 170 g/mol. The third kappa shape index (κ3) is 1.80. The Labute approximate surface area is 76.3 Å². The van der Waals surface area contributed by atoms with E-state index in [9.17, 15) is 0 Å². The van der Waals surface area contributed by atoms with Gasteiger partial charge >= 0.3 is 0 Å². The fourth-order valence-corrected chi connectivity index (χ4v) is 2.23. The summed E-state index contributed by atoms with van der Waals surface area (Å²) in [4.78, 5) is 2.61. The highest BCUT2D eigenvalue weighted by Crippen LogP contribution is 2.24. The predicted octanol–water partition coefficient (Wildman–Crippen LogP) is 1.47. The zero-order valence-electron chi connectivity index (χ0n) is 8.80. The molecule has 2 saturated heterocycles. The smallest absolute Gasteiger partial charge is 0.0239 e. The highest BCUT2D eigenvalue weighted by Gasteiger charge is 2.38. The molecule has 2 aliphatic rings. The third-order valence-electron chi connectivity index (χ3n) is 2.76. The summed E-state index contributed by atoms with van der Waals surface area (Å²) in [6.45, 7) is 11.1. The van der Waals surface area contributed by atoms with Gasteiger partial charge in [-0.3, -0.25) is 4.90 Å². The number of piperazine rings is 1. The van der Waals surface area contributed by atoms with Gasteiger partial charge in [-0.05, 0) is 20.3 Å². The Morgan fingerprint density at radius 2 is 2.00 bits per heavy atom. The first-order chi connectivity index (χ1) is 5.77. The molecule has 0 aromatic heterocycles. The van der Waals surface area contributed by atoms with Crippen LogP contribution in [0.15, 0.2) is 0 Å². The summed E-state index contributed by atoms with van der Waals surface area (Å²) in [6.07, 6.45) is 1.39. The maximum Gasteiger partial charge on any atom is 0.0239 e. The van der Waals surface area contributed by atoms with Crippen molar-refractivity contribution in [1.82, 2.24) is 10.2 Å². The Morgan fingerprint density at radius 1 is 1.33 bits per heavy atom. The van der Waals surface area contributed by atoms with E-state index < -0.39 is 0 Å². The molecule has 2 aliphatic heterocycles. The van der Waals surface area contributed by atoms with Crippen LogP contribution in [0.5, 0.6) is 0 Å². The summed E-state index contributed by atoms with van der Waals surface area (Å²) in [7, 11) is 0. The fourth-order valence-electron chi connectivity index (χ4n) is 2.23. The lowest BCUT2D eigenvalue weighted by Crippen LogP contribution is -2.46. The van der Waals surface area contributed by atoms with Crippen LogP contribution in [0, 0.1) is 0 Å². The Kier molecular flexibility index (Phi) is 3.53. The van der Waals surface area contributed by atoms with Gasteiger partial charge in [0.2, 0.25) is 0 Å². The quantitative estimate of drug-likeness (QED) is 0.641. The largest absolute Gasteiger partial charge is 0.311 e. The van der Waals surface area contributed by atoms with E-state index in [1.54, 1.807) is 0 Å². The van der Waals surface area contributed by atoms with Gasteiger partial charge in [-0.2, -0.15) is 0 Å². The molecule has 0 aromatic carbocycles. The van der Waals surface area contributed by atoms with Crippen molar-refractivity contribution in [3.8, 4) is 0 Å². The molecule has 0 aromatic rings. The molecule has 0 radical (unpaired) electrons. The molecule has 2 heteroatoms. The van der Waals surface area contributed by atoms with Gasteiger partial charge in [0.25, 0.3) is 0 Å².